The van der Waals surface area contributed by atoms with E-state index in [0.717, 1.165) is 35.5 Å². The first-order valence-electron chi connectivity index (χ1n) is 20.1. The lowest BCUT2D eigenvalue weighted by Crippen LogP contribution is -2.82. The highest BCUT2D eigenvalue weighted by molar-refractivity contribution is 5.93. The van der Waals surface area contributed by atoms with Crippen molar-refractivity contribution >= 4 is 11.5 Å². The van der Waals surface area contributed by atoms with Gasteiger partial charge in [0, 0.05) is 23.6 Å². The van der Waals surface area contributed by atoms with Crippen molar-refractivity contribution < 1.29 is 24.1 Å². The monoisotopic (exact) mass is 729 g/mol. The van der Waals surface area contributed by atoms with E-state index in [1.54, 1.807) is 0 Å². The smallest absolute Gasteiger partial charge is 0.330 e. The number of likely N-dealkylation sites (N-methyl/N-ethyl adjacent to an activating group) is 1. The first-order chi connectivity index (χ1) is 25.6. The molecule has 2 fully saturated rings. The second-order valence-electron chi connectivity index (χ2n) is 18.5. The number of benzene rings is 3. The quantitative estimate of drug-likeness (QED) is 0.239. The average molecular weight is 730 g/mol. The third-order valence-corrected chi connectivity index (χ3v) is 16.0. The Bertz CT molecular complexity index is 2260. The van der Waals surface area contributed by atoms with Gasteiger partial charge in [0.05, 0.1) is 17.1 Å². The van der Waals surface area contributed by atoms with Crippen LogP contribution in [-0.4, -0.2) is 70.7 Å². The molecule has 8 aliphatic rings. The number of nitrogens with one attached hydrogen (secondary N) is 1. The SMILES string of the molecule is Cc1ccc2c(c1)C1=C(C2)C2(CC[C@@H]3c4c(C)c(C)c5c(c4[C@](C)(COC2=O)N2C(O)[C@]4(C)Cc6cc(C)c(C)c(C)c6[C@@H](N4C)C32C)OCO5)NCC1. The fourth-order valence-electron chi connectivity index (χ4n) is 12.9. The number of fused-ring (bicyclic) bond motifs is 10. The number of aryl methyl sites for hydroxylation is 2. The van der Waals surface area contributed by atoms with Crippen molar-refractivity contribution in [2.75, 3.05) is 27.0 Å². The second-order valence-corrected chi connectivity index (χ2v) is 18.5. The van der Waals surface area contributed by atoms with Crippen LogP contribution < -0.4 is 14.8 Å². The van der Waals surface area contributed by atoms with Crippen LogP contribution in [0, 0.1) is 41.5 Å². The van der Waals surface area contributed by atoms with E-state index in [0.29, 0.717) is 25.8 Å². The van der Waals surface area contributed by atoms with Gasteiger partial charge in [-0.1, -0.05) is 29.8 Å². The van der Waals surface area contributed by atoms with E-state index in [4.69, 9.17) is 14.2 Å². The molecule has 11 rings (SSSR count). The predicted octanol–water partition coefficient (Wildman–Crippen LogP) is 7.04. The Morgan fingerprint density at radius 2 is 1.63 bits per heavy atom. The van der Waals surface area contributed by atoms with Crippen molar-refractivity contribution in [2.24, 2.45) is 0 Å². The molecule has 8 nitrogen and oxygen atoms in total. The molecule has 0 amide bonds. The Hall–Kier alpha value is -3.69. The normalized spacial score (nSPS) is 35.0. The van der Waals surface area contributed by atoms with E-state index in [9.17, 15) is 5.11 Å². The van der Waals surface area contributed by atoms with Crippen LogP contribution in [0.1, 0.15) is 119 Å². The van der Waals surface area contributed by atoms with Gasteiger partial charge in [-0.05, 0) is 168 Å². The molecule has 0 aromatic heterocycles. The van der Waals surface area contributed by atoms with E-state index in [1.165, 1.54) is 66.8 Å². The molecule has 54 heavy (non-hydrogen) atoms. The second kappa shape index (κ2) is 11.0. The summed E-state index contributed by atoms with van der Waals surface area (Å²) in [6, 6.07) is 9.08. The summed E-state index contributed by atoms with van der Waals surface area (Å²) in [5.41, 5.74) is 14.5. The average Bonchev–Trinajstić information content (AvgIpc) is 3.77. The molecule has 7 aliphatic heterocycles. The summed E-state index contributed by atoms with van der Waals surface area (Å²) in [5.74, 6) is 1.22. The largest absolute Gasteiger partial charge is 0.462 e. The molecule has 3 unspecified atom stereocenters. The van der Waals surface area contributed by atoms with Crippen LogP contribution in [-0.2, 0) is 27.9 Å². The zero-order valence-electron chi connectivity index (χ0n) is 33.7. The summed E-state index contributed by atoms with van der Waals surface area (Å²) in [7, 11) is 2.24. The van der Waals surface area contributed by atoms with E-state index >= 15 is 4.79 Å². The Morgan fingerprint density at radius 3 is 2.41 bits per heavy atom. The van der Waals surface area contributed by atoms with Crippen molar-refractivity contribution in [1.82, 2.24) is 15.1 Å². The number of esters is 1. The third-order valence-electron chi connectivity index (χ3n) is 16.0. The molecule has 3 aromatic carbocycles. The molecule has 8 heteroatoms. The van der Waals surface area contributed by atoms with Gasteiger partial charge >= 0.3 is 5.97 Å². The number of carbonyl (C=O) groups is 1. The number of piperazine rings is 1. The maximum Gasteiger partial charge on any atom is 0.330 e. The molecule has 4 bridgehead atoms. The standard InChI is InChI=1S/C46H55N3O5/c1-23-11-12-29-19-34-31(32(29)17-23)14-16-47-46(34)15-13-33-36-27(5)28(6)38-39(54-22-53-38)37(36)44(8,21-52-42(46)51)49-41(50)43(7)20-30-18-24(2)25(3)26(4)35(30)40(48(43)10)45(33,49)9/h11-12,17-18,33,40-41,47,50H,13-16,19-22H2,1-10H3/t33-,40-,41?,43+,44+,45?,46?/m1/s1. The molecule has 7 atom stereocenters. The zero-order chi connectivity index (χ0) is 38.0. The van der Waals surface area contributed by atoms with Gasteiger partial charge in [-0.25, -0.2) is 4.79 Å². The Morgan fingerprint density at radius 1 is 0.889 bits per heavy atom. The molecular formula is C46H55N3O5. The number of hydrogen-bond acceptors (Lipinski definition) is 8. The summed E-state index contributed by atoms with van der Waals surface area (Å²) >= 11 is 0. The van der Waals surface area contributed by atoms with Crippen LogP contribution in [0.15, 0.2) is 29.8 Å². The Kier molecular flexibility index (Phi) is 7.08. The first kappa shape index (κ1) is 34.8. The minimum atomic E-state index is -0.948. The summed E-state index contributed by atoms with van der Waals surface area (Å²) < 4.78 is 19.5. The molecule has 284 valence electrons. The number of aliphatic hydroxyl groups excluding tert-OH is 1. The van der Waals surface area contributed by atoms with Gasteiger partial charge in [0.1, 0.15) is 18.4 Å². The summed E-state index contributed by atoms with van der Waals surface area (Å²) in [6.45, 7) is 21.1. The molecule has 1 aliphatic carbocycles. The molecule has 3 aromatic rings. The maximum absolute atomic E-state index is 15.1. The summed E-state index contributed by atoms with van der Waals surface area (Å²) in [5, 5.41) is 17.0. The third kappa shape index (κ3) is 3.96. The minimum Gasteiger partial charge on any atom is -0.462 e. The summed E-state index contributed by atoms with van der Waals surface area (Å²) in [4.78, 5) is 20.0. The van der Waals surface area contributed by atoms with Gasteiger partial charge in [0.25, 0.3) is 0 Å². The molecular weight excluding hydrogens is 675 g/mol. The van der Waals surface area contributed by atoms with Gasteiger partial charge in [0.2, 0.25) is 6.79 Å². The van der Waals surface area contributed by atoms with E-state index in [1.807, 2.05) is 0 Å². The number of ether oxygens (including phenoxy) is 3. The molecule has 0 saturated carbocycles. The zero-order valence-corrected chi connectivity index (χ0v) is 33.7. The number of hydrogen-bond donors (Lipinski definition) is 2. The number of rotatable bonds is 0. The van der Waals surface area contributed by atoms with Crippen LogP contribution in [0.25, 0.3) is 5.57 Å². The van der Waals surface area contributed by atoms with E-state index in [2.05, 4.69) is 109 Å². The van der Waals surface area contributed by atoms with Gasteiger partial charge in [0.15, 0.2) is 11.5 Å². The lowest BCUT2D eigenvalue weighted by atomic mass is 9.55. The highest BCUT2D eigenvalue weighted by atomic mass is 16.7. The van der Waals surface area contributed by atoms with Gasteiger partial charge in [-0.2, -0.15) is 0 Å². The molecule has 0 radical (unpaired) electrons. The van der Waals surface area contributed by atoms with Crippen molar-refractivity contribution in [1.29, 1.82) is 0 Å². The first-order valence-corrected chi connectivity index (χ1v) is 20.1. The Balaban J connectivity index is 1.26. The van der Waals surface area contributed by atoms with Crippen molar-refractivity contribution in [3.63, 3.8) is 0 Å². The van der Waals surface area contributed by atoms with E-state index < -0.39 is 28.4 Å². The highest BCUT2D eigenvalue weighted by Gasteiger charge is 2.71. The van der Waals surface area contributed by atoms with Crippen molar-refractivity contribution in [2.45, 2.75) is 135 Å². The van der Waals surface area contributed by atoms with Gasteiger partial charge < -0.3 is 19.3 Å². The van der Waals surface area contributed by atoms with E-state index in [-0.39, 0.29) is 31.3 Å². The lowest BCUT2D eigenvalue weighted by molar-refractivity contribution is -0.276. The van der Waals surface area contributed by atoms with Gasteiger partial charge in [-0.15, -0.1) is 0 Å². The van der Waals surface area contributed by atoms with Crippen LogP contribution in [0.5, 0.6) is 11.5 Å². The number of carbonyl (C=O) groups excluding carboxylic acids is 1. The van der Waals surface area contributed by atoms with Crippen molar-refractivity contribution in [3.05, 3.63) is 96.6 Å². The fourth-order valence-corrected chi connectivity index (χ4v) is 12.9. The molecule has 2 saturated heterocycles. The highest BCUT2D eigenvalue weighted by Crippen LogP contribution is 2.68. The summed E-state index contributed by atoms with van der Waals surface area (Å²) in [6.07, 6.45) is 2.77. The Labute approximate surface area is 319 Å². The predicted molar refractivity (Wildman–Crippen MR) is 209 cm³/mol. The number of nitrogens with zero attached hydrogens (tertiary/aromatic N) is 2. The van der Waals surface area contributed by atoms with Crippen molar-refractivity contribution in [3.8, 4) is 11.5 Å². The van der Waals surface area contributed by atoms with Gasteiger partial charge in [-0.3, -0.25) is 15.1 Å². The van der Waals surface area contributed by atoms with Crippen LogP contribution in [0.4, 0.5) is 0 Å². The molecule has 7 heterocycles. The molecule has 2 N–H and O–H groups in total. The molecule has 1 spiro atoms. The topological polar surface area (TPSA) is 83.5 Å². The van der Waals surface area contributed by atoms with Crippen LogP contribution >= 0.6 is 0 Å². The lowest BCUT2D eigenvalue weighted by Gasteiger charge is -2.73. The number of aliphatic hydroxyl groups is 1. The minimum absolute atomic E-state index is 0.0459. The maximum atomic E-state index is 15.1. The van der Waals surface area contributed by atoms with Crippen LogP contribution in [0.3, 0.4) is 0 Å². The van der Waals surface area contributed by atoms with Crippen LogP contribution in [0.2, 0.25) is 0 Å². The fraction of sp³-hybridized carbons (Fsp3) is 0.543.